The maximum Gasteiger partial charge on any atom is 0.348 e. The zero-order chi connectivity index (χ0) is 13.2. The maximum absolute atomic E-state index is 11.3. The van der Waals surface area contributed by atoms with E-state index in [1.54, 1.807) is 24.5 Å². The number of benzene rings is 1. The molecule has 94 valence electrons. The van der Waals surface area contributed by atoms with Crippen molar-refractivity contribution in [1.82, 2.24) is 4.98 Å². The van der Waals surface area contributed by atoms with Crippen molar-refractivity contribution >= 4 is 38.8 Å². The molecule has 0 aliphatic rings. The van der Waals surface area contributed by atoms with Crippen LogP contribution < -0.4 is 5.32 Å². The Hall–Kier alpha value is -2.40. The molecule has 2 aromatic heterocycles. The van der Waals surface area contributed by atoms with Crippen LogP contribution in [0.1, 0.15) is 9.67 Å². The molecule has 0 amide bonds. The molecule has 3 aromatic rings. The molecule has 0 aliphatic heterocycles. The number of rotatable bonds is 3. The maximum atomic E-state index is 11.3. The molecule has 4 nitrogen and oxygen atoms in total. The number of pyridine rings is 1. The summed E-state index contributed by atoms with van der Waals surface area (Å²) in [7, 11) is 0. The van der Waals surface area contributed by atoms with Crippen LogP contribution in [-0.2, 0) is 0 Å². The molecule has 0 fully saturated rings. The van der Waals surface area contributed by atoms with E-state index >= 15 is 0 Å². The molecule has 0 unspecified atom stereocenters. The Morgan fingerprint density at radius 3 is 2.63 bits per heavy atom. The van der Waals surface area contributed by atoms with Crippen molar-refractivity contribution in [3.63, 3.8) is 0 Å². The fourth-order valence-electron chi connectivity index (χ4n) is 1.90. The van der Waals surface area contributed by atoms with Crippen molar-refractivity contribution in [2.24, 2.45) is 0 Å². The van der Waals surface area contributed by atoms with Crippen LogP contribution >= 0.6 is 11.3 Å². The van der Waals surface area contributed by atoms with Gasteiger partial charge in [-0.3, -0.25) is 4.98 Å². The van der Waals surface area contributed by atoms with Crippen LogP contribution in [0.25, 0.3) is 10.1 Å². The Morgan fingerprint density at radius 2 is 1.89 bits per heavy atom. The van der Waals surface area contributed by atoms with Crippen molar-refractivity contribution < 1.29 is 9.90 Å². The molecule has 1 aromatic carbocycles. The van der Waals surface area contributed by atoms with Crippen molar-refractivity contribution in [3.05, 3.63) is 53.7 Å². The SMILES string of the molecule is O=C(O)c1sc2ccccc2c1Nc1ccncc1. The van der Waals surface area contributed by atoms with Gasteiger partial charge in [0.25, 0.3) is 0 Å². The number of fused-ring (bicyclic) bond motifs is 1. The Kier molecular flexibility index (Phi) is 2.89. The second-order valence-electron chi connectivity index (χ2n) is 3.97. The fourth-order valence-corrected chi connectivity index (χ4v) is 2.90. The van der Waals surface area contributed by atoms with Crippen LogP contribution in [0.5, 0.6) is 0 Å². The van der Waals surface area contributed by atoms with Gasteiger partial charge in [-0.1, -0.05) is 18.2 Å². The van der Waals surface area contributed by atoms with Gasteiger partial charge in [-0.2, -0.15) is 0 Å². The van der Waals surface area contributed by atoms with E-state index in [2.05, 4.69) is 10.3 Å². The number of aromatic nitrogens is 1. The Labute approximate surface area is 113 Å². The van der Waals surface area contributed by atoms with Gasteiger partial charge in [0.15, 0.2) is 0 Å². The van der Waals surface area contributed by atoms with E-state index in [-0.39, 0.29) is 0 Å². The quantitative estimate of drug-likeness (QED) is 0.761. The molecular weight excluding hydrogens is 260 g/mol. The number of thiophene rings is 1. The molecule has 19 heavy (non-hydrogen) atoms. The lowest BCUT2D eigenvalue weighted by Crippen LogP contribution is -1.98. The Morgan fingerprint density at radius 1 is 1.16 bits per heavy atom. The van der Waals surface area contributed by atoms with Crippen LogP contribution in [0.3, 0.4) is 0 Å². The van der Waals surface area contributed by atoms with Crippen LogP contribution in [0, 0.1) is 0 Å². The van der Waals surface area contributed by atoms with E-state index in [1.165, 1.54) is 11.3 Å². The number of nitrogens with zero attached hydrogens (tertiary/aromatic N) is 1. The standard InChI is InChI=1S/C14H10N2O2S/c17-14(18)13-12(16-9-5-7-15-8-6-9)10-3-1-2-4-11(10)19-13/h1-8H,(H,15,16)(H,17,18). The first-order valence-electron chi connectivity index (χ1n) is 5.67. The summed E-state index contributed by atoms with van der Waals surface area (Å²) < 4.78 is 0.955. The minimum Gasteiger partial charge on any atom is -0.477 e. The van der Waals surface area contributed by atoms with Gasteiger partial charge < -0.3 is 10.4 Å². The molecule has 0 saturated heterocycles. The average molecular weight is 270 g/mol. The van der Waals surface area contributed by atoms with Gasteiger partial charge in [0.2, 0.25) is 0 Å². The summed E-state index contributed by atoms with van der Waals surface area (Å²) in [6.45, 7) is 0. The van der Waals surface area contributed by atoms with Crippen molar-refractivity contribution in [1.29, 1.82) is 0 Å². The number of nitrogens with one attached hydrogen (secondary N) is 1. The van der Waals surface area contributed by atoms with Gasteiger partial charge in [-0.25, -0.2) is 4.79 Å². The predicted octanol–water partition coefficient (Wildman–Crippen LogP) is 3.74. The van der Waals surface area contributed by atoms with E-state index in [1.807, 2.05) is 24.3 Å². The highest BCUT2D eigenvalue weighted by Crippen LogP contribution is 2.37. The first-order valence-corrected chi connectivity index (χ1v) is 6.49. The summed E-state index contributed by atoms with van der Waals surface area (Å²) in [6, 6.07) is 11.3. The lowest BCUT2D eigenvalue weighted by atomic mass is 10.2. The van der Waals surface area contributed by atoms with E-state index in [0.717, 1.165) is 15.8 Å². The third-order valence-electron chi connectivity index (χ3n) is 2.74. The molecular formula is C14H10N2O2S. The monoisotopic (exact) mass is 270 g/mol. The number of aromatic carboxylic acids is 1. The van der Waals surface area contributed by atoms with Crippen molar-refractivity contribution in [2.75, 3.05) is 5.32 Å². The fraction of sp³-hybridized carbons (Fsp3) is 0. The smallest absolute Gasteiger partial charge is 0.348 e. The molecule has 0 bridgehead atoms. The first-order chi connectivity index (χ1) is 9.25. The molecule has 0 spiro atoms. The highest BCUT2D eigenvalue weighted by molar-refractivity contribution is 7.21. The van der Waals surface area contributed by atoms with E-state index in [9.17, 15) is 9.90 Å². The zero-order valence-corrected chi connectivity index (χ0v) is 10.6. The third-order valence-corrected chi connectivity index (χ3v) is 3.90. The van der Waals surface area contributed by atoms with Crippen molar-refractivity contribution in [3.8, 4) is 0 Å². The molecule has 0 atom stereocenters. The van der Waals surface area contributed by atoms with Gasteiger partial charge in [-0.15, -0.1) is 11.3 Å². The number of anilines is 2. The van der Waals surface area contributed by atoms with Gasteiger partial charge in [-0.05, 0) is 18.2 Å². The number of carbonyl (C=O) groups is 1. The van der Waals surface area contributed by atoms with E-state index in [4.69, 9.17) is 0 Å². The topological polar surface area (TPSA) is 62.2 Å². The second kappa shape index (κ2) is 4.70. The molecule has 2 heterocycles. The number of carboxylic acids is 1. The van der Waals surface area contributed by atoms with E-state index in [0.29, 0.717) is 10.6 Å². The normalized spacial score (nSPS) is 10.5. The summed E-state index contributed by atoms with van der Waals surface area (Å²) >= 11 is 1.27. The second-order valence-corrected chi connectivity index (χ2v) is 5.02. The minimum absolute atomic E-state index is 0.318. The molecule has 5 heteroatoms. The van der Waals surface area contributed by atoms with Crippen LogP contribution in [-0.4, -0.2) is 16.1 Å². The lowest BCUT2D eigenvalue weighted by molar-refractivity contribution is 0.0703. The highest BCUT2D eigenvalue weighted by atomic mass is 32.1. The predicted molar refractivity (Wildman–Crippen MR) is 76.3 cm³/mol. The van der Waals surface area contributed by atoms with E-state index < -0.39 is 5.97 Å². The first kappa shape index (κ1) is 11.7. The lowest BCUT2D eigenvalue weighted by Gasteiger charge is -2.06. The van der Waals surface area contributed by atoms with Crippen molar-refractivity contribution in [2.45, 2.75) is 0 Å². The Bertz CT molecular complexity index is 738. The van der Waals surface area contributed by atoms with Gasteiger partial charge in [0, 0.05) is 28.2 Å². The largest absolute Gasteiger partial charge is 0.477 e. The van der Waals surface area contributed by atoms with Gasteiger partial charge in [0.1, 0.15) is 4.88 Å². The number of carboxylic acid groups (broad SMARTS) is 1. The molecule has 3 rings (SSSR count). The molecule has 0 saturated carbocycles. The van der Waals surface area contributed by atoms with Crippen LogP contribution in [0.4, 0.5) is 11.4 Å². The number of hydrogen-bond donors (Lipinski definition) is 2. The molecule has 2 N–H and O–H groups in total. The van der Waals surface area contributed by atoms with Gasteiger partial charge in [0.05, 0.1) is 5.69 Å². The summed E-state index contributed by atoms with van der Waals surface area (Å²) in [5.74, 6) is -0.919. The molecule has 0 aliphatic carbocycles. The van der Waals surface area contributed by atoms with Crippen LogP contribution in [0.2, 0.25) is 0 Å². The Balaban J connectivity index is 2.15. The van der Waals surface area contributed by atoms with Gasteiger partial charge >= 0.3 is 5.97 Å². The highest BCUT2D eigenvalue weighted by Gasteiger charge is 2.17. The summed E-state index contributed by atoms with van der Waals surface area (Å²) in [4.78, 5) is 15.6. The average Bonchev–Trinajstić information content (AvgIpc) is 2.79. The third kappa shape index (κ3) is 2.15. The number of hydrogen-bond acceptors (Lipinski definition) is 4. The molecule has 0 radical (unpaired) electrons. The van der Waals surface area contributed by atoms with Crippen LogP contribution in [0.15, 0.2) is 48.8 Å². The summed E-state index contributed by atoms with van der Waals surface area (Å²) in [6.07, 6.45) is 3.33. The summed E-state index contributed by atoms with van der Waals surface area (Å²) in [5.41, 5.74) is 1.46. The zero-order valence-electron chi connectivity index (χ0n) is 9.83. The minimum atomic E-state index is -0.919. The summed E-state index contributed by atoms with van der Waals surface area (Å²) in [5, 5.41) is 13.4.